The molecule has 18 rings (SSSR count). The highest BCUT2D eigenvalue weighted by molar-refractivity contribution is 5.46. The van der Waals surface area contributed by atoms with E-state index >= 15 is 0 Å². The fraction of sp³-hybridized carbons (Fsp3) is 1.00. The Bertz CT molecular complexity index is 1900. The standard InChI is InChI=1S/C60H86O/c1-3-5-43(7-8-43)45(11-12-45)47(15-16-47)49(19-20-49)51(23-24-51)53(27-28-53)55(31-32-55)57(35-36-57)59(39-40-59)61-60(41-42-60)58(37-38-58)56(33-34-56)54(29-30-54)52(25-26-52)50(21-22-50)48(17-18-48)46(13-14-46)44(6-4-2)9-10-44/h3-42H2,1-2H3. The molecule has 0 aliphatic heterocycles. The predicted molar refractivity (Wildman–Crippen MR) is 242 cm³/mol. The van der Waals surface area contributed by atoms with E-state index in [-0.39, 0.29) is 0 Å². The van der Waals surface area contributed by atoms with Crippen LogP contribution in [0.25, 0.3) is 0 Å². The summed E-state index contributed by atoms with van der Waals surface area (Å²) in [4.78, 5) is 0. The molecule has 0 spiro atoms. The predicted octanol–water partition coefficient (Wildman–Crippen LogP) is 16.2. The van der Waals surface area contributed by atoms with Crippen LogP contribution in [0, 0.1) is 86.6 Å². The maximum Gasteiger partial charge on any atom is 0.0753 e. The molecule has 18 fully saturated rings. The first-order valence-corrected chi connectivity index (χ1v) is 29.3. The van der Waals surface area contributed by atoms with Crippen molar-refractivity contribution in [2.75, 3.05) is 0 Å². The highest BCUT2D eigenvalue weighted by Crippen LogP contribution is 3.05. The first-order chi connectivity index (χ1) is 29.6. The average molecular weight is 823 g/mol. The van der Waals surface area contributed by atoms with Crippen molar-refractivity contribution in [3.05, 3.63) is 0 Å². The van der Waals surface area contributed by atoms with Gasteiger partial charge in [-0.2, -0.15) is 0 Å². The van der Waals surface area contributed by atoms with Crippen LogP contribution in [0.2, 0.25) is 0 Å². The van der Waals surface area contributed by atoms with Gasteiger partial charge in [-0.3, -0.25) is 0 Å². The van der Waals surface area contributed by atoms with Gasteiger partial charge in [-0.25, -0.2) is 0 Å². The second-order valence-corrected chi connectivity index (χ2v) is 30.3. The summed E-state index contributed by atoms with van der Waals surface area (Å²) in [5, 5.41) is 0. The monoisotopic (exact) mass is 823 g/mol. The lowest BCUT2D eigenvalue weighted by Gasteiger charge is -2.54. The van der Waals surface area contributed by atoms with Crippen molar-refractivity contribution >= 4 is 0 Å². The molecular weight excluding hydrogens is 737 g/mol. The summed E-state index contributed by atoms with van der Waals surface area (Å²) in [6.45, 7) is 5.04. The highest BCUT2D eigenvalue weighted by atomic mass is 16.5. The Kier molecular flexibility index (Phi) is 5.55. The van der Waals surface area contributed by atoms with E-state index in [0.29, 0.717) is 32.9 Å². The summed E-state index contributed by atoms with van der Waals surface area (Å²) in [6, 6.07) is 0. The van der Waals surface area contributed by atoms with E-state index in [1.165, 1.54) is 38.5 Å². The molecule has 0 aromatic heterocycles. The molecule has 0 N–H and O–H groups in total. The third-order valence-corrected chi connectivity index (χ3v) is 30.2. The number of rotatable bonds is 22. The molecule has 0 aromatic rings. The van der Waals surface area contributed by atoms with Crippen LogP contribution >= 0.6 is 0 Å². The fourth-order valence-corrected chi connectivity index (χ4v) is 26.8. The summed E-state index contributed by atoms with van der Waals surface area (Å²) < 4.78 is 8.52. The summed E-state index contributed by atoms with van der Waals surface area (Å²) >= 11 is 0. The number of hydrogen-bond acceptors (Lipinski definition) is 1. The van der Waals surface area contributed by atoms with E-state index in [1.54, 1.807) is 218 Å². The molecule has 18 saturated carbocycles. The molecule has 0 amide bonds. The van der Waals surface area contributed by atoms with Crippen LogP contribution in [0.1, 0.15) is 271 Å². The maximum atomic E-state index is 8.52. The smallest absolute Gasteiger partial charge is 0.0753 e. The minimum Gasteiger partial charge on any atom is -0.367 e. The van der Waals surface area contributed by atoms with Crippen LogP contribution in [-0.2, 0) is 4.74 Å². The molecule has 0 saturated heterocycles. The summed E-state index contributed by atoms with van der Waals surface area (Å²) in [5.74, 6) is 0. The van der Waals surface area contributed by atoms with E-state index in [0.717, 1.165) is 65.0 Å². The Morgan fingerprint density at radius 2 is 0.393 bits per heavy atom. The molecule has 0 radical (unpaired) electrons. The van der Waals surface area contributed by atoms with Crippen LogP contribution in [0.15, 0.2) is 0 Å². The highest BCUT2D eigenvalue weighted by Gasteiger charge is 2.98. The molecule has 0 aromatic carbocycles. The fourth-order valence-electron chi connectivity index (χ4n) is 26.8. The minimum atomic E-state index is 0.294. The molecule has 1 nitrogen and oxygen atoms in total. The van der Waals surface area contributed by atoms with Crippen molar-refractivity contribution in [1.29, 1.82) is 0 Å². The van der Waals surface area contributed by atoms with Crippen LogP contribution in [0.4, 0.5) is 0 Å². The van der Waals surface area contributed by atoms with Gasteiger partial charge in [0.25, 0.3) is 0 Å². The second kappa shape index (κ2) is 9.39. The molecule has 0 heterocycles. The molecule has 0 unspecified atom stereocenters. The van der Waals surface area contributed by atoms with E-state index in [4.69, 9.17) is 4.74 Å². The first-order valence-electron chi connectivity index (χ1n) is 29.3. The minimum absolute atomic E-state index is 0.294. The van der Waals surface area contributed by atoms with Crippen molar-refractivity contribution in [2.24, 2.45) is 86.6 Å². The van der Waals surface area contributed by atoms with Gasteiger partial charge < -0.3 is 4.74 Å². The van der Waals surface area contributed by atoms with E-state index in [9.17, 15) is 0 Å². The van der Waals surface area contributed by atoms with Gasteiger partial charge >= 0.3 is 0 Å². The number of ether oxygens (including phenoxy) is 1. The summed E-state index contributed by atoms with van der Waals surface area (Å²) in [5.41, 5.74) is 12.4. The van der Waals surface area contributed by atoms with E-state index in [2.05, 4.69) is 13.8 Å². The topological polar surface area (TPSA) is 9.23 Å². The van der Waals surface area contributed by atoms with Gasteiger partial charge in [0.2, 0.25) is 0 Å². The molecule has 1 heteroatoms. The zero-order valence-electron chi connectivity index (χ0n) is 39.7. The van der Waals surface area contributed by atoms with Crippen molar-refractivity contribution in [2.45, 2.75) is 282 Å². The quantitative estimate of drug-likeness (QED) is 0.106. The van der Waals surface area contributed by atoms with Crippen LogP contribution in [-0.4, -0.2) is 11.2 Å². The molecule has 0 atom stereocenters. The molecule has 0 bridgehead atoms. The normalized spacial score (nSPS) is 43.6. The SMILES string of the molecule is CCCC1(C2(C3(C4(C5(C6(C7(C8(C9(OC%10(C%11(C%12(C%13(C%14(C%15(C%16(C%17(C%18(CCC)CC%18)CC%17)CC%16)CC%15)CC%14)CC%13)CC%12)CC%11)CC%10)CC9)CC8)CC7)CC6)CC5)CC4)CC3)CC2)CC1. The van der Waals surface area contributed by atoms with Crippen molar-refractivity contribution in [3.8, 4) is 0 Å². The maximum absolute atomic E-state index is 8.52. The molecular formula is C60H86O. The lowest BCUT2D eigenvalue weighted by atomic mass is 9.52. The van der Waals surface area contributed by atoms with Gasteiger partial charge in [0.15, 0.2) is 0 Å². The van der Waals surface area contributed by atoms with Gasteiger partial charge in [0, 0.05) is 10.8 Å². The Labute approximate surface area is 371 Å². The number of hydrogen-bond donors (Lipinski definition) is 0. The van der Waals surface area contributed by atoms with Crippen LogP contribution < -0.4 is 0 Å². The zero-order valence-corrected chi connectivity index (χ0v) is 39.7. The Morgan fingerprint density at radius 1 is 0.213 bits per heavy atom. The lowest BCUT2D eigenvalue weighted by molar-refractivity contribution is -0.173. The molecule has 332 valence electrons. The van der Waals surface area contributed by atoms with Gasteiger partial charge in [0.1, 0.15) is 0 Å². The van der Waals surface area contributed by atoms with E-state index < -0.39 is 0 Å². The molecule has 18 aliphatic carbocycles. The van der Waals surface area contributed by atoms with Crippen molar-refractivity contribution in [1.82, 2.24) is 0 Å². The average Bonchev–Trinajstić information content (AvgIpc) is 4.07. The van der Waals surface area contributed by atoms with Crippen LogP contribution in [0.3, 0.4) is 0 Å². The second-order valence-electron chi connectivity index (χ2n) is 30.3. The zero-order chi connectivity index (χ0) is 40.0. The van der Waals surface area contributed by atoms with E-state index in [1.807, 2.05) is 0 Å². The summed E-state index contributed by atoms with van der Waals surface area (Å²) in [7, 11) is 0. The third kappa shape index (κ3) is 3.28. The van der Waals surface area contributed by atoms with Crippen molar-refractivity contribution < 1.29 is 4.74 Å². The molecule has 61 heavy (non-hydrogen) atoms. The van der Waals surface area contributed by atoms with Gasteiger partial charge in [-0.05, 0) is 320 Å². The Balaban J connectivity index is 0.664. The van der Waals surface area contributed by atoms with Crippen molar-refractivity contribution in [3.63, 3.8) is 0 Å². The van der Waals surface area contributed by atoms with Gasteiger partial charge in [-0.1, -0.05) is 26.7 Å². The first kappa shape index (κ1) is 36.1. The Morgan fingerprint density at radius 3 is 0.541 bits per heavy atom. The lowest BCUT2D eigenvalue weighted by Crippen LogP contribution is -2.52. The third-order valence-electron chi connectivity index (χ3n) is 30.2. The van der Waals surface area contributed by atoms with Gasteiger partial charge in [0.05, 0.1) is 11.2 Å². The largest absolute Gasteiger partial charge is 0.367 e. The Hall–Kier alpha value is -0.0400. The molecule has 18 aliphatic rings. The summed E-state index contributed by atoms with van der Waals surface area (Å²) in [6.07, 6.45) is 64.0. The van der Waals surface area contributed by atoms with Crippen LogP contribution in [0.5, 0.6) is 0 Å². The van der Waals surface area contributed by atoms with Gasteiger partial charge in [-0.15, -0.1) is 0 Å².